The number of Topliss-reactive ketones (excluding diaryl/α,β-unsaturated/α-hetero) is 1. The van der Waals surface area contributed by atoms with Crippen LogP contribution in [-0.4, -0.2) is 22.1 Å². The number of benzene rings is 1. The van der Waals surface area contributed by atoms with Gasteiger partial charge in [0.05, 0.1) is 18.1 Å². The molecule has 2 unspecified atom stereocenters. The summed E-state index contributed by atoms with van der Waals surface area (Å²) >= 11 is 1.62. The van der Waals surface area contributed by atoms with Gasteiger partial charge in [0, 0.05) is 5.56 Å². The van der Waals surface area contributed by atoms with Gasteiger partial charge < -0.3 is 9.84 Å². The minimum Gasteiger partial charge on any atom is -0.478 e. The molecule has 0 radical (unpaired) electrons. The van der Waals surface area contributed by atoms with Crippen molar-refractivity contribution >= 4 is 17.5 Å². The number of hydrogen-bond acceptors (Lipinski definition) is 4. The molecule has 0 saturated heterocycles. The maximum atomic E-state index is 12.1. The van der Waals surface area contributed by atoms with Crippen molar-refractivity contribution in [3.8, 4) is 5.75 Å². The zero-order chi connectivity index (χ0) is 13.3. The number of hydrogen-bond donors (Lipinski definition) is 1. The SMILES string of the molecule is CCSC1CC(=O)c2cc(C)cc(C(C)O)c2O1. The smallest absolute Gasteiger partial charge is 0.171 e. The van der Waals surface area contributed by atoms with Gasteiger partial charge >= 0.3 is 0 Å². The van der Waals surface area contributed by atoms with E-state index in [1.54, 1.807) is 18.7 Å². The van der Waals surface area contributed by atoms with Crippen molar-refractivity contribution in [2.24, 2.45) is 0 Å². The molecule has 1 heterocycles. The highest BCUT2D eigenvalue weighted by Gasteiger charge is 2.29. The molecule has 2 rings (SSSR count). The van der Waals surface area contributed by atoms with E-state index < -0.39 is 6.10 Å². The van der Waals surface area contributed by atoms with Crippen LogP contribution in [0.4, 0.5) is 0 Å². The van der Waals surface area contributed by atoms with E-state index in [0.717, 1.165) is 11.3 Å². The lowest BCUT2D eigenvalue weighted by Crippen LogP contribution is -2.25. The van der Waals surface area contributed by atoms with Crippen molar-refractivity contribution in [3.05, 3.63) is 28.8 Å². The van der Waals surface area contributed by atoms with Crippen LogP contribution in [-0.2, 0) is 0 Å². The number of ketones is 1. The Labute approximate surface area is 112 Å². The summed E-state index contributed by atoms with van der Waals surface area (Å²) in [5.74, 6) is 1.58. The first-order valence-corrected chi connectivity index (χ1v) is 7.21. The zero-order valence-electron chi connectivity index (χ0n) is 10.9. The van der Waals surface area contributed by atoms with Gasteiger partial charge in [0.1, 0.15) is 5.75 Å². The fourth-order valence-corrected chi connectivity index (χ4v) is 2.97. The maximum Gasteiger partial charge on any atom is 0.171 e. The summed E-state index contributed by atoms with van der Waals surface area (Å²) in [4.78, 5) is 12.1. The molecule has 0 bridgehead atoms. The molecule has 1 aromatic rings. The number of aliphatic hydroxyl groups is 1. The molecular weight excluding hydrogens is 248 g/mol. The van der Waals surface area contributed by atoms with E-state index in [-0.39, 0.29) is 11.2 Å². The van der Waals surface area contributed by atoms with Crippen molar-refractivity contribution < 1.29 is 14.6 Å². The summed E-state index contributed by atoms with van der Waals surface area (Å²) in [6, 6.07) is 3.73. The third-order valence-electron chi connectivity index (χ3n) is 2.97. The van der Waals surface area contributed by atoms with Gasteiger partial charge in [0.25, 0.3) is 0 Å². The molecule has 1 N–H and O–H groups in total. The van der Waals surface area contributed by atoms with Crippen LogP contribution in [0.15, 0.2) is 12.1 Å². The average molecular weight is 266 g/mol. The molecule has 0 fully saturated rings. The monoisotopic (exact) mass is 266 g/mol. The van der Waals surface area contributed by atoms with Crippen LogP contribution in [0.5, 0.6) is 5.75 Å². The van der Waals surface area contributed by atoms with Crippen molar-refractivity contribution in [2.75, 3.05) is 5.75 Å². The average Bonchev–Trinajstić information content (AvgIpc) is 2.29. The lowest BCUT2D eigenvalue weighted by molar-refractivity contribution is 0.0912. The van der Waals surface area contributed by atoms with E-state index in [2.05, 4.69) is 0 Å². The number of thioether (sulfide) groups is 1. The molecule has 0 amide bonds. The molecule has 2 atom stereocenters. The Kier molecular flexibility index (Phi) is 3.97. The summed E-state index contributed by atoms with van der Waals surface area (Å²) in [6.45, 7) is 5.66. The Hall–Kier alpha value is -1.00. The van der Waals surface area contributed by atoms with Crippen molar-refractivity contribution in [1.82, 2.24) is 0 Å². The van der Waals surface area contributed by atoms with E-state index in [1.807, 2.05) is 26.0 Å². The number of carbonyl (C=O) groups is 1. The summed E-state index contributed by atoms with van der Waals surface area (Å²) in [7, 11) is 0. The number of aliphatic hydroxyl groups excluding tert-OH is 1. The van der Waals surface area contributed by atoms with Gasteiger partial charge in [-0.1, -0.05) is 6.92 Å². The molecule has 3 nitrogen and oxygen atoms in total. The van der Waals surface area contributed by atoms with Crippen molar-refractivity contribution in [1.29, 1.82) is 0 Å². The largest absolute Gasteiger partial charge is 0.478 e. The zero-order valence-corrected chi connectivity index (χ0v) is 11.7. The second-order valence-corrected chi connectivity index (χ2v) is 5.97. The van der Waals surface area contributed by atoms with E-state index in [1.165, 1.54) is 0 Å². The highest BCUT2D eigenvalue weighted by Crippen LogP contribution is 2.38. The van der Waals surface area contributed by atoms with Crippen LogP contribution >= 0.6 is 11.8 Å². The topological polar surface area (TPSA) is 46.5 Å². The number of aryl methyl sites for hydroxylation is 1. The molecule has 0 saturated carbocycles. The van der Waals surface area contributed by atoms with E-state index in [9.17, 15) is 9.90 Å². The molecule has 1 aliphatic heterocycles. The summed E-state index contributed by atoms with van der Waals surface area (Å²) in [5.41, 5.74) is 2.16. The maximum absolute atomic E-state index is 12.1. The second kappa shape index (κ2) is 5.33. The highest BCUT2D eigenvalue weighted by atomic mass is 32.2. The van der Waals surface area contributed by atoms with Gasteiger partial charge in [-0.3, -0.25) is 4.79 Å². The minimum absolute atomic E-state index is 0.104. The van der Waals surface area contributed by atoms with Gasteiger partial charge in [0.15, 0.2) is 11.2 Å². The van der Waals surface area contributed by atoms with Crippen molar-refractivity contribution in [2.45, 2.75) is 38.7 Å². The first kappa shape index (κ1) is 13.4. The normalized spacial score (nSPS) is 20.2. The number of fused-ring (bicyclic) bond motifs is 1. The molecule has 1 aromatic carbocycles. The van der Waals surface area contributed by atoms with Gasteiger partial charge in [-0.15, -0.1) is 11.8 Å². The van der Waals surface area contributed by atoms with Crippen LogP contribution in [0.1, 0.15) is 47.9 Å². The molecule has 1 aliphatic rings. The van der Waals surface area contributed by atoms with Crippen molar-refractivity contribution in [3.63, 3.8) is 0 Å². The molecule has 98 valence electrons. The van der Waals surface area contributed by atoms with E-state index in [0.29, 0.717) is 23.3 Å². The quantitative estimate of drug-likeness (QED) is 0.913. The second-order valence-electron chi connectivity index (χ2n) is 4.54. The summed E-state index contributed by atoms with van der Waals surface area (Å²) in [6.07, 6.45) is -0.217. The highest BCUT2D eigenvalue weighted by molar-refractivity contribution is 7.99. The van der Waals surface area contributed by atoms with Gasteiger partial charge in [-0.2, -0.15) is 0 Å². The molecule has 0 aromatic heterocycles. The van der Waals surface area contributed by atoms with E-state index in [4.69, 9.17) is 4.74 Å². The Morgan fingerprint density at radius 3 is 2.89 bits per heavy atom. The van der Waals surface area contributed by atoms with Crippen LogP contribution in [0, 0.1) is 6.92 Å². The van der Waals surface area contributed by atoms with Gasteiger partial charge in [-0.25, -0.2) is 0 Å². The fraction of sp³-hybridized carbons (Fsp3) is 0.500. The number of carbonyl (C=O) groups excluding carboxylic acids is 1. The molecule has 0 spiro atoms. The van der Waals surface area contributed by atoms with Gasteiger partial charge in [-0.05, 0) is 37.3 Å². The van der Waals surface area contributed by atoms with E-state index >= 15 is 0 Å². The summed E-state index contributed by atoms with van der Waals surface area (Å²) in [5, 5.41) is 9.81. The Morgan fingerprint density at radius 1 is 1.56 bits per heavy atom. The third kappa shape index (κ3) is 2.54. The lowest BCUT2D eigenvalue weighted by atomic mass is 9.96. The fourth-order valence-electron chi connectivity index (χ4n) is 2.16. The van der Waals surface area contributed by atoms with Crippen LogP contribution in [0.2, 0.25) is 0 Å². The molecule has 18 heavy (non-hydrogen) atoms. The number of rotatable bonds is 3. The van der Waals surface area contributed by atoms with Crippen LogP contribution in [0.25, 0.3) is 0 Å². The first-order chi connectivity index (χ1) is 8.52. The van der Waals surface area contributed by atoms with Crippen LogP contribution in [0.3, 0.4) is 0 Å². The Balaban J connectivity index is 2.46. The predicted molar refractivity (Wildman–Crippen MR) is 73.3 cm³/mol. The third-order valence-corrected chi connectivity index (χ3v) is 3.93. The van der Waals surface area contributed by atoms with Crippen LogP contribution < -0.4 is 4.74 Å². The minimum atomic E-state index is -0.628. The standard InChI is InChI=1S/C14H18O3S/c1-4-18-13-7-12(16)11-6-8(2)5-10(9(3)15)14(11)17-13/h5-6,9,13,15H,4,7H2,1-3H3. The summed E-state index contributed by atoms with van der Waals surface area (Å²) < 4.78 is 5.87. The lowest BCUT2D eigenvalue weighted by Gasteiger charge is -2.27. The Bertz CT molecular complexity index is 468. The predicted octanol–water partition coefficient (Wildman–Crippen LogP) is 3.09. The number of ether oxygens (including phenoxy) is 1. The van der Waals surface area contributed by atoms with Gasteiger partial charge in [0.2, 0.25) is 0 Å². The molecule has 4 heteroatoms. The molecule has 0 aliphatic carbocycles. The first-order valence-electron chi connectivity index (χ1n) is 6.17. The molecular formula is C14H18O3S. The Morgan fingerprint density at radius 2 is 2.28 bits per heavy atom.